The summed E-state index contributed by atoms with van der Waals surface area (Å²) in [6.07, 6.45) is 16.9. The molecule has 23 heteroatoms. The number of nitrogens with one attached hydrogen (secondary N) is 3. The number of hydrogen-bond donors (Lipinski definition) is 5. The number of likely N-dealkylation sites (N-methyl/N-ethyl adjacent to an activating group) is 2. The van der Waals surface area contributed by atoms with E-state index in [4.69, 9.17) is 33.2 Å². The van der Waals surface area contributed by atoms with Crippen LogP contribution in [0.4, 0.5) is 34.6 Å². The van der Waals surface area contributed by atoms with Crippen LogP contribution in [0.2, 0.25) is 10.0 Å². The van der Waals surface area contributed by atoms with Crippen molar-refractivity contribution >= 4 is 75.4 Å². The predicted octanol–water partition coefficient (Wildman–Crippen LogP) is 7.09. The summed E-state index contributed by atoms with van der Waals surface area (Å²) in [5.74, 6) is 1.03. The number of aromatic nitrogens is 10. The van der Waals surface area contributed by atoms with E-state index in [0.717, 1.165) is 162 Å². The summed E-state index contributed by atoms with van der Waals surface area (Å²) in [5, 5.41) is 49.8. The van der Waals surface area contributed by atoms with Gasteiger partial charge in [-0.1, -0.05) is 54.9 Å². The first-order valence-electron chi connectivity index (χ1n) is 28.3. The van der Waals surface area contributed by atoms with Crippen molar-refractivity contribution in [2.45, 2.75) is 69.9 Å². The molecule has 438 valence electrons. The molecule has 0 spiro atoms. The van der Waals surface area contributed by atoms with E-state index in [9.17, 15) is 15.0 Å². The summed E-state index contributed by atoms with van der Waals surface area (Å²) in [5.41, 5.74) is 7.02. The van der Waals surface area contributed by atoms with Crippen LogP contribution in [0.1, 0.15) is 57.1 Å². The molecule has 21 nitrogen and oxygen atoms in total. The number of fused-ring (bicyclic) bond motifs is 2. The number of carbonyl (C=O) groups is 1. The highest BCUT2D eigenvalue weighted by atomic mass is 35.5. The molecule has 0 bridgehead atoms. The Morgan fingerprint density at radius 3 is 1.48 bits per heavy atom. The summed E-state index contributed by atoms with van der Waals surface area (Å²) in [6.45, 7) is 15.3. The van der Waals surface area contributed by atoms with E-state index in [1.807, 2.05) is 101 Å². The largest absolute Gasteiger partial charge is 0.395 e. The molecule has 8 aromatic rings. The van der Waals surface area contributed by atoms with Gasteiger partial charge in [-0.3, -0.25) is 9.36 Å². The number of piperidine rings is 2. The summed E-state index contributed by atoms with van der Waals surface area (Å²) in [6, 6.07) is 23.8. The molecule has 10 heterocycles. The fourth-order valence-corrected chi connectivity index (χ4v) is 11.5. The highest BCUT2D eigenvalue weighted by Crippen LogP contribution is 2.40. The van der Waals surface area contributed by atoms with Gasteiger partial charge in [0.1, 0.15) is 6.29 Å². The third kappa shape index (κ3) is 14.7. The van der Waals surface area contributed by atoms with Gasteiger partial charge in [0.2, 0.25) is 11.9 Å². The molecule has 0 aliphatic carbocycles. The first-order valence-corrected chi connectivity index (χ1v) is 29.0. The van der Waals surface area contributed by atoms with Crippen molar-refractivity contribution in [3.05, 3.63) is 131 Å². The molecular formula is C59H80Cl2N18O3. The van der Waals surface area contributed by atoms with Gasteiger partial charge in [-0.15, -0.1) is 10.2 Å². The van der Waals surface area contributed by atoms with Gasteiger partial charge >= 0.3 is 0 Å². The highest BCUT2D eigenvalue weighted by molar-refractivity contribution is 6.30. The standard InChI is InChI=1S/C29H38ClN9O.C24H26ClN7O2.C5H12N2.CH4/c1-35-16-18-36(19-17-35)11-3-12-38-21-25(20-31-38)32-28-33-27-26(4-2-13-39(27)34-28)37-14-9-29(22-40,10-15-37)23-5-7-24(30)8-6-23;25-19-6-4-18(5-7-19)24(17-34)8-12-30(13-9-24)21-3-1-11-32-22(21)28-23(29-32)27-20-15-26-31(16-20)10-2-14-33;1-7-4-2-6-3-5-7;/h2,4-8,13,20-21,40H,3,9-12,14-19,22H2,1H3,(H,32,34);1,3-7,11,14-16,34H,2,8-10,12-13,17H2,(H,27,29);6H,2-5H2,1H3;1H4. The van der Waals surface area contributed by atoms with Crippen LogP contribution in [-0.4, -0.2) is 192 Å². The second-order valence-corrected chi connectivity index (χ2v) is 22.7. The zero-order valence-electron chi connectivity index (χ0n) is 46.5. The SMILES string of the molecule is C.CN1CCN(CCCn2cc(Nc3nc4c(N5CCC(CO)(c6ccc(Cl)cc6)CC5)cccn4n3)cn2)CC1.CN1CCNCC1.O=CCCn1cc(Nc2nc3c(N4CCC(CO)(c5ccc(Cl)cc5)CC4)cccn3n2)cn1. The topological polar surface area (TPSA) is 206 Å². The molecule has 4 aliphatic heterocycles. The molecule has 4 aliphatic rings. The van der Waals surface area contributed by atoms with Crippen LogP contribution < -0.4 is 25.8 Å². The summed E-state index contributed by atoms with van der Waals surface area (Å²) >= 11 is 12.2. The van der Waals surface area contributed by atoms with Gasteiger partial charge in [-0.2, -0.15) is 20.2 Å². The van der Waals surface area contributed by atoms with E-state index in [1.54, 1.807) is 15.4 Å². The second-order valence-electron chi connectivity index (χ2n) is 21.8. The normalized spacial score (nSPS) is 17.6. The Balaban J connectivity index is 0.000000176. The van der Waals surface area contributed by atoms with Crippen molar-refractivity contribution in [3.63, 3.8) is 0 Å². The Labute approximate surface area is 490 Å². The van der Waals surface area contributed by atoms with Crippen LogP contribution in [0.5, 0.6) is 0 Å². The average Bonchev–Trinajstić information content (AvgIpc) is 4.45. The number of nitrogens with zero attached hydrogens (tertiary/aromatic N) is 15. The lowest BCUT2D eigenvalue weighted by molar-refractivity contribution is -0.108. The van der Waals surface area contributed by atoms with Crippen LogP contribution >= 0.6 is 23.2 Å². The minimum absolute atomic E-state index is 0. The van der Waals surface area contributed by atoms with Crippen LogP contribution in [0.15, 0.2) is 110 Å². The molecule has 2 aromatic carbocycles. The third-order valence-corrected chi connectivity index (χ3v) is 16.9. The molecule has 6 aromatic heterocycles. The van der Waals surface area contributed by atoms with E-state index >= 15 is 0 Å². The Kier molecular flexibility index (Phi) is 20.5. The van der Waals surface area contributed by atoms with Gasteiger partial charge in [0.05, 0.1) is 48.4 Å². The number of aliphatic hydroxyl groups excluding tert-OH is 2. The zero-order valence-corrected chi connectivity index (χ0v) is 48.0. The van der Waals surface area contributed by atoms with E-state index in [-0.39, 0.29) is 31.5 Å². The van der Waals surface area contributed by atoms with Gasteiger partial charge in [0.15, 0.2) is 11.3 Å². The van der Waals surface area contributed by atoms with Gasteiger partial charge in [0.25, 0.3) is 0 Å². The minimum Gasteiger partial charge on any atom is -0.395 e. The van der Waals surface area contributed by atoms with Crippen LogP contribution in [0.3, 0.4) is 0 Å². The lowest BCUT2D eigenvalue weighted by Crippen LogP contribution is -2.45. The van der Waals surface area contributed by atoms with Gasteiger partial charge < -0.3 is 55.5 Å². The second kappa shape index (κ2) is 28.1. The Morgan fingerprint density at radius 1 is 0.598 bits per heavy atom. The van der Waals surface area contributed by atoms with Crippen LogP contribution in [0.25, 0.3) is 11.3 Å². The highest BCUT2D eigenvalue weighted by Gasteiger charge is 2.38. The number of aldehydes is 1. The molecule has 0 amide bonds. The van der Waals surface area contributed by atoms with E-state index < -0.39 is 0 Å². The number of halogens is 2. The summed E-state index contributed by atoms with van der Waals surface area (Å²) < 4.78 is 7.29. The Hall–Kier alpha value is -6.69. The van der Waals surface area contributed by atoms with E-state index in [0.29, 0.717) is 34.9 Å². The molecule has 0 unspecified atom stereocenters. The van der Waals surface area contributed by atoms with Crippen molar-refractivity contribution in [1.29, 1.82) is 0 Å². The molecule has 0 saturated carbocycles. The number of aliphatic hydroxyl groups is 2. The number of aryl methyl sites for hydroxylation is 2. The number of hydrogen-bond acceptors (Lipinski definition) is 17. The van der Waals surface area contributed by atoms with Crippen molar-refractivity contribution in [2.24, 2.45) is 0 Å². The monoisotopic (exact) mass is 1160 g/mol. The number of piperazine rings is 2. The Bertz CT molecular complexity index is 3240. The third-order valence-electron chi connectivity index (χ3n) is 16.4. The minimum atomic E-state index is -0.267. The number of benzene rings is 2. The van der Waals surface area contributed by atoms with E-state index in [1.165, 1.54) is 13.1 Å². The van der Waals surface area contributed by atoms with Crippen molar-refractivity contribution in [2.75, 3.05) is 133 Å². The van der Waals surface area contributed by atoms with Crippen molar-refractivity contribution in [3.8, 4) is 0 Å². The molecule has 4 fully saturated rings. The quantitative estimate of drug-likeness (QED) is 0.0577. The lowest BCUT2D eigenvalue weighted by Gasteiger charge is -2.42. The molecule has 0 radical (unpaired) electrons. The van der Waals surface area contributed by atoms with Crippen molar-refractivity contribution in [1.82, 2.24) is 68.8 Å². The molecule has 5 N–H and O–H groups in total. The van der Waals surface area contributed by atoms with Crippen molar-refractivity contribution < 1.29 is 15.0 Å². The maximum Gasteiger partial charge on any atom is 0.247 e. The number of pyridine rings is 2. The molecule has 82 heavy (non-hydrogen) atoms. The first kappa shape index (κ1) is 59.9. The van der Waals surface area contributed by atoms with Crippen LogP contribution in [0, 0.1) is 0 Å². The van der Waals surface area contributed by atoms with Gasteiger partial charge in [0, 0.05) is 144 Å². The molecular weight excluding hydrogens is 1080 g/mol. The predicted molar refractivity (Wildman–Crippen MR) is 327 cm³/mol. The number of carbonyl (C=O) groups excluding carboxylic acids is 1. The fraction of sp³-hybridized carbons (Fsp3) is 0.475. The maximum atomic E-state index is 10.6. The molecule has 12 rings (SSSR count). The number of rotatable bonds is 17. The molecule has 4 saturated heterocycles. The first-order chi connectivity index (χ1) is 39.5. The lowest BCUT2D eigenvalue weighted by atomic mass is 9.73. The smallest absolute Gasteiger partial charge is 0.247 e. The zero-order chi connectivity index (χ0) is 56.2. The maximum absolute atomic E-state index is 10.6. The molecule has 0 atom stereocenters. The van der Waals surface area contributed by atoms with Crippen LogP contribution in [-0.2, 0) is 28.7 Å². The van der Waals surface area contributed by atoms with Gasteiger partial charge in [-0.05, 0) is 112 Å². The van der Waals surface area contributed by atoms with E-state index in [2.05, 4.69) is 87.1 Å². The summed E-state index contributed by atoms with van der Waals surface area (Å²) in [4.78, 5) is 32.0. The van der Waals surface area contributed by atoms with Gasteiger partial charge in [-0.25, -0.2) is 9.03 Å². The Morgan fingerprint density at radius 2 is 1.05 bits per heavy atom. The average molecular weight is 1160 g/mol. The number of anilines is 6. The summed E-state index contributed by atoms with van der Waals surface area (Å²) in [7, 11) is 4.34. The fourth-order valence-electron chi connectivity index (χ4n) is 11.3.